The molecule has 0 aromatic rings. The Labute approximate surface area is 108 Å². The third-order valence-corrected chi connectivity index (χ3v) is 2.95. The molecule has 0 radical (unpaired) electrons. The number of rotatable bonds is 6. The van der Waals surface area contributed by atoms with Gasteiger partial charge in [0.1, 0.15) is 0 Å². The number of hydrogen-bond acceptors (Lipinski definition) is 4. The van der Waals surface area contributed by atoms with E-state index in [4.69, 9.17) is 0 Å². The first-order valence-corrected chi connectivity index (χ1v) is 6.73. The maximum absolute atomic E-state index is 11.4. The van der Waals surface area contributed by atoms with E-state index in [1.807, 2.05) is 6.92 Å². The topological polar surface area (TPSA) is 73.5 Å². The van der Waals surface area contributed by atoms with E-state index in [0.717, 1.165) is 45.6 Å². The molecule has 0 aromatic heterocycles. The zero-order valence-electron chi connectivity index (χ0n) is 11.1. The van der Waals surface area contributed by atoms with Gasteiger partial charge in [0.05, 0.1) is 0 Å². The van der Waals surface area contributed by atoms with Crippen LogP contribution in [0.25, 0.3) is 0 Å². The lowest BCUT2D eigenvalue weighted by atomic mass is 10.3. The molecule has 1 saturated heterocycles. The van der Waals surface area contributed by atoms with Crippen LogP contribution in [-0.4, -0.2) is 62.5 Å². The fourth-order valence-corrected chi connectivity index (χ4v) is 1.80. The number of carbonyl (C=O) groups excluding carboxylic acids is 2. The van der Waals surface area contributed by atoms with E-state index in [1.54, 1.807) is 0 Å². The molecule has 18 heavy (non-hydrogen) atoms. The van der Waals surface area contributed by atoms with E-state index in [0.29, 0.717) is 13.1 Å². The minimum Gasteiger partial charge on any atom is -0.348 e. The predicted molar refractivity (Wildman–Crippen MR) is 70.2 cm³/mol. The molecule has 1 rings (SSSR count). The van der Waals surface area contributed by atoms with Gasteiger partial charge in [0, 0.05) is 45.8 Å². The molecule has 0 spiro atoms. The first-order chi connectivity index (χ1) is 8.74. The molecule has 1 aliphatic rings. The lowest BCUT2D eigenvalue weighted by molar-refractivity contribution is -0.139. The highest BCUT2D eigenvalue weighted by molar-refractivity contribution is 6.35. The third kappa shape index (κ3) is 5.97. The summed E-state index contributed by atoms with van der Waals surface area (Å²) in [7, 11) is 0. The first-order valence-electron chi connectivity index (χ1n) is 6.73. The Morgan fingerprint density at radius 1 is 1.11 bits per heavy atom. The van der Waals surface area contributed by atoms with Gasteiger partial charge in [0.15, 0.2) is 0 Å². The van der Waals surface area contributed by atoms with Crippen LogP contribution >= 0.6 is 0 Å². The molecule has 0 aliphatic carbocycles. The molecule has 0 atom stereocenters. The van der Waals surface area contributed by atoms with Gasteiger partial charge in [-0.3, -0.25) is 14.5 Å². The van der Waals surface area contributed by atoms with Crippen LogP contribution in [0.1, 0.15) is 19.8 Å². The van der Waals surface area contributed by atoms with Gasteiger partial charge in [-0.1, -0.05) is 13.3 Å². The molecule has 6 nitrogen and oxygen atoms in total. The molecule has 0 aromatic carbocycles. The second-order valence-corrected chi connectivity index (χ2v) is 4.46. The molecule has 3 N–H and O–H groups in total. The van der Waals surface area contributed by atoms with Gasteiger partial charge in [-0.05, 0) is 6.42 Å². The summed E-state index contributed by atoms with van der Waals surface area (Å²) in [6, 6.07) is 0. The van der Waals surface area contributed by atoms with E-state index in [2.05, 4.69) is 20.9 Å². The molecule has 0 saturated carbocycles. The van der Waals surface area contributed by atoms with Crippen LogP contribution < -0.4 is 16.0 Å². The summed E-state index contributed by atoms with van der Waals surface area (Å²) < 4.78 is 0. The smallest absolute Gasteiger partial charge is 0.309 e. The van der Waals surface area contributed by atoms with Crippen LogP contribution in [0, 0.1) is 0 Å². The van der Waals surface area contributed by atoms with Gasteiger partial charge in [0.25, 0.3) is 0 Å². The molecule has 6 heteroatoms. The van der Waals surface area contributed by atoms with Crippen LogP contribution in [0.3, 0.4) is 0 Å². The normalized spacial score (nSPS) is 16.3. The van der Waals surface area contributed by atoms with E-state index >= 15 is 0 Å². The zero-order valence-corrected chi connectivity index (χ0v) is 11.1. The molecule has 1 aliphatic heterocycles. The second-order valence-electron chi connectivity index (χ2n) is 4.46. The maximum Gasteiger partial charge on any atom is 0.309 e. The Morgan fingerprint density at radius 2 is 1.72 bits per heavy atom. The summed E-state index contributed by atoms with van der Waals surface area (Å²) in [4.78, 5) is 25.0. The van der Waals surface area contributed by atoms with Crippen molar-refractivity contribution in [2.75, 3.05) is 45.8 Å². The lowest BCUT2D eigenvalue weighted by Gasteiger charge is -2.26. The molecule has 0 bridgehead atoms. The van der Waals surface area contributed by atoms with Gasteiger partial charge in [-0.2, -0.15) is 0 Å². The largest absolute Gasteiger partial charge is 0.348 e. The zero-order chi connectivity index (χ0) is 13.2. The quantitative estimate of drug-likeness (QED) is 0.418. The van der Waals surface area contributed by atoms with Crippen molar-refractivity contribution >= 4 is 11.8 Å². The molecular weight excluding hydrogens is 232 g/mol. The van der Waals surface area contributed by atoms with Crippen LogP contribution in [0.15, 0.2) is 0 Å². The molecule has 104 valence electrons. The molecule has 2 amide bonds. The maximum atomic E-state index is 11.4. The van der Waals surface area contributed by atoms with Crippen LogP contribution in [-0.2, 0) is 9.59 Å². The average Bonchev–Trinajstić information content (AvgIpc) is 2.40. The Morgan fingerprint density at radius 3 is 2.33 bits per heavy atom. The Hall–Kier alpha value is -1.14. The van der Waals surface area contributed by atoms with E-state index < -0.39 is 11.8 Å². The van der Waals surface area contributed by atoms with Crippen molar-refractivity contribution < 1.29 is 9.59 Å². The summed E-state index contributed by atoms with van der Waals surface area (Å²) in [5, 5.41) is 8.51. The SMILES string of the molecule is CCCCNC(=O)C(=O)NCCN1CCNCC1. The highest BCUT2D eigenvalue weighted by Gasteiger charge is 2.13. The fourth-order valence-electron chi connectivity index (χ4n) is 1.80. The minimum atomic E-state index is -0.527. The monoisotopic (exact) mass is 256 g/mol. The number of hydrogen-bond donors (Lipinski definition) is 3. The lowest BCUT2D eigenvalue weighted by Crippen LogP contribution is -2.47. The highest BCUT2D eigenvalue weighted by Crippen LogP contribution is 1.89. The summed E-state index contributed by atoms with van der Waals surface area (Å²) in [5.74, 6) is -1.05. The number of amides is 2. The molecule has 1 heterocycles. The van der Waals surface area contributed by atoms with E-state index in [1.165, 1.54) is 0 Å². The summed E-state index contributed by atoms with van der Waals surface area (Å²) in [6.45, 7) is 7.92. The predicted octanol–water partition coefficient (Wildman–Crippen LogP) is -1.08. The van der Waals surface area contributed by atoms with Crippen molar-refractivity contribution in [3.05, 3.63) is 0 Å². The van der Waals surface area contributed by atoms with Crippen molar-refractivity contribution in [3.8, 4) is 0 Å². The minimum absolute atomic E-state index is 0.524. The first kappa shape index (κ1) is 14.9. The van der Waals surface area contributed by atoms with Crippen LogP contribution in [0.2, 0.25) is 0 Å². The van der Waals surface area contributed by atoms with E-state index in [-0.39, 0.29) is 0 Å². The van der Waals surface area contributed by atoms with Crippen molar-refractivity contribution in [1.82, 2.24) is 20.9 Å². The Kier molecular flexibility index (Phi) is 7.36. The summed E-state index contributed by atoms with van der Waals surface area (Å²) in [5.41, 5.74) is 0. The van der Waals surface area contributed by atoms with Crippen LogP contribution in [0.5, 0.6) is 0 Å². The Balaban J connectivity index is 2.06. The van der Waals surface area contributed by atoms with Gasteiger partial charge >= 0.3 is 11.8 Å². The van der Waals surface area contributed by atoms with Crippen molar-refractivity contribution in [1.29, 1.82) is 0 Å². The third-order valence-electron chi connectivity index (χ3n) is 2.95. The number of nitrogens with one attached hydrogen (secondary N) is 3. The van der Waals surface area contributed by atoms with Gasteiger partial charge in [-0.15, -0.1) is 0 Å². The number of piperazine rings is 1. The van der Waals surface area contributed by atoms with Gasteiger partial charge < -0.3 is 16.0 Å². The van der Waals surface area contributed by atoms with Crippen LogP contribution in [0.4, 0.5) is 0 Å². The van der Waals surface area contributed by atoms with E-state index in [9.17, 15) is 9.59 Å². The Bertz CT molecular complexity index is 265. The second kappa shape index (κ2) is 8.88. The van der Waals surface area contributed by atoms with Gasteiger partial charge in [-0.25, -0.2) is 0 Å². The standard InChI is InChI=1S/C12H24N4O2/c1-2-3-4-14-11(17)12(18)15-7-10-16-8-5-13-6-9-16/h13H,2-10H2,1H3,(H,14,17)(H,15,18). The number of unbranched alkanes of at least 4 members (excludes halogenated alkanes) is 1. The number of carbonyl (C=O) groups is 2. The van der Waals surface area contributed by atoms with Crippen molar-refractivity contribution in [2.24, 2.45) is 0 Å². The van der Waals surface area contributed by atoms with Crippen molar-refractivity contribution in [3.63, 3.8) is 0 Å². The average molecular weight is 256 g/mol. The molecular formula is C12H24N4O2. The van der Waals surface area contributed by atoms with Crippen molar-refractivity contribution in [2.45, 2.75) is 19.8 Å². The molecule has 1 fully saturated rings. The molecule has 0 unspecified atom stereocenters. The number of nitrogens with zero attached hydrogens (tertiary/aromatic N) is 1. The van der Waals surface area contributed by atoms with Gasteiger partial charge in [0.2, 0.25) is 0 Å². The fraction of sp³-hybridized carbons (Fsp3) is 0.833. The summed E-state index contributed by atoms with van der Waals surface area (Å²) in [6.07, 6.45) is 1.91. The highest BCUT2D eigenvalue weighted by atomic mass is 16.2. The summed E-state index contributed by atoms with van der Waals surface area (Å²) >= 11 is 0.